The lowest BCUT2D eigenvalue weighted by Crippen LogP contribution is -2.41. The molecule has 8 nitrogen and oxygen atoms in total. The van der Waals surface area contributed by atoms with Gasteiger partial charge in [0.05, 0.1) is 12.2 Å². The second-order valence-corrected chi connectivity index (χ2v) is 7.48. The van der Waals surface area contributed by atoms with Crippen molar-refractivity contribution in [1.29, 1.82) is 0 Å². The fraction of sp³-hybridized carbons (Fsp3) is 0.273. The number of hydrogen-bond donors (Lipinski definition) is 4. The van der Waals surface area contributed by atoms with Gasteiger partial charge >= 0.3 is 6.09 Å². The summed E-state index contributed by atoms with van der Waals surface area (Å²) in [6, 6.07) is 9.10. The van der Waals surface area contributed by atoms with Gasteiger partial charge in [0.25, 0.3) is 0 Å². The van der Waals surface area contributed by atoms with E-state index in [1.807, 2.05) is 24.3 Å². The van der Waals surface area contributed by atoms with Gasteiger partial charge in [0.1, 0.15) is 12.2 Å². The van der Waals surface area contributed by atoms with Crippen LogP contribution in [-0.4, -0.2) is 46.1 Å². The molecule has 3 atom stereocenters. The molecule has 1 aliphatic rings. The molecule has 4 N–H and O–H groups in total. The van der Waals surface area contributed by atoms with Crippen molar-refractivity contribution in [3.8, 4) is 17.1 Å². The Labute approximate surface area is 181 Å². The lowest BCUT2D eigenvalue weighted by Gasteiger charge is -2.22. The Kier molecular flexibility index (Phi) is 6.33. The highest BCUT2D eigenvalue weighted by molar-refractivity contribution is 5.67. The first kappa shape index (κ1) is 21.7. The van der Waals surface area contributed by atoms with Crippen LogP contribution < -0.4 is 10.6 Å². The van der Waals surface area contributed by atoms with Gasteiger partial charge in [-0.1, -0.05) is 24.3 Å². The number of alkyl carbamates (subject to hydrolysis) is 1. The Morgan fingerprint density at radius 2 is 1.94 bits per heavy atom. The minimum absolute atomic E-state index is 0.114. The summed E-state index contributed by atoms with van der Waals surface area (Å²) in [7, 11) is 0. The number of aromatic hydroxyl groups is 1. The number of β-amino-alcohol motifs (C(OH)–C–C–N with tert-alkyl or cyclic N) is 1. The molecule has 0 radical (unpaired) electrons. The Bertz CT molecular complexity index is 1050. The van der Waals surface area contributed by atoms with E-state index in [2.05, 4.69) is 15.6 Å². The Morgan fingerprint density at radius 1 is 1.22 bits per heavy atom. The Hall–Kier alpha value is -3.50. The van der Waals surface area contributed by atoms with Gasteiger partial charge in [0, 0.05) is 18.7 Å². The number of amides is 1. The van der Waals surface area contributed by atoms with E-state index in [0.29, 0.717) is 12.2 Å². The minimum Gasteiger partial charge on any atom is -0.503 e. The molecule has 1 fully saturated rings. The summed E-state index contributed by atoms with van der Waals surface area (Å²) in [6.07, 6.45) is 0.930. The van der Waals surface area contributed by atoms with E-state index in [1.165, 1.54) is 6.39 Å². The van der Waals surface area contributed by atoms with E-state index >= 15 is 0 Å². The largest absolute Gasteiger partial charge is 0.503 e. The summed E-state index contributed by atoms with van der Waals surface area (Å²) in [6.45, 7) is 0.0457. The second-order valence-electron chi connectivity index (χ2n) is 7.48. The molecular weight excluding hydrogens is 424 g/mol. The van der Waals surface area contributed by atoms with Gasteiger partial charge < -0.3 is 30.0 Å². The maximum Gasteiger partial charge on any atom is 0.407 e. The molecule has 0 spiro atoms. The van der Waals surface area contributed by atoms with Crippen LogP contribution in [0.4, 0.5) is 13.6 Å². The van der Waals surface area contributed by atoms with Crippen LogP contribution in [0, 0.1) is 11.6 Å². The highest BCUT2D eigenvalue weighted by Gasteiger charge is 2.37. The van der Waals surface area contributed by atoms with Gasteiger partial charge in [0.2, 0.25) is 0 Å². The van der Waals surface area contributed by atoms with Crippen LogP contribution in [-0.2, 0) is 17.7 Å². The van der Waals surface area contributed by atoms with Crippen LogP contribution in [0.3, 0.4) is 0 Å². The molecule has 0 aliphatic carbocycles. The highest BCUT2D eigenvalue weighted by Crippen LogP contribution is 2.23. The molecule has 2 aromatic carbocycles. The van der Waals surface area contributed by atoms with Gasteiger partial charge in [-0.3, -0.25) is 0 Å². The molecule has 1 aliphatic heterocycles. The number of aliphatic hydroxyl groups excluding tert-OH is 1. The van der Waals surface area contributed by atoms with Crippen molar-refractivity contribution in [2.24, 2.45) is 0 Å². The average Bonchev–Trinajstić information content (AvgIpc) is 3.43. The summed E-state index contributed by atoms with van der Waals surface area (Å²) >= 11 is 0. The Balaban J connectivity index is 1.34. The normalized spacial score (nSPS) is 20.3. The van der Waals surface area contributed by atoms with Crippen molar-refractivity contribution in [3.05, 3.63) is 71.8 Å². The molecule has 10 heteroatoms. The number of carbonyl (C=O) groups excluding carboxylic acids is 1. The van der Waals surface area contributed by atoms with Gasteiger partial charge in [-0.2, -0.15) is 0 Å². The number of halogens is 2. The lowest BCUT2D eigenvalue weighted by molar-refractivity contribution is 0.0188. The zero-order valence-corrected chi connectivity index (χ0v) is 16.8. The fourth-order valence-electron chi connectivity index (χ4n) is 3.60. The topological polar surface area (TPSA) is 117 Å². The minimum atomic E-state index is -1.13. The van der Waals surface area contributed by atoms with Crippen LogP contribution >= 0.6 is 0 Å². The molecule has 4 rings (SSSR count). The van der Waals surface area contributed by atoms with Gasteiger partial charge in [-0.25, -0.2) is 18.6 Å². The summed E-state index contributed by atoms with van der Waals surface area (Å²) < 4.78 is 37.5. The number of phenolic OH excluding ortho intramolecular Hbond substituents is 1. The average molecular weight is 445 g/mol. The van der Waals surface area contributed by atoms with Crippen molar-refractivity contribution in [2.45, 2.75) is 31.2 Å². The predicted molar refractivity (Wildman–Crippen MR) is 109 cm³/mol. The van der Waals surface area contributed by atoms with Crippen molar-refractivity contribution in [2.75, 3.05) is 6.54 Å². The number of aliphatic hydroxyl groups is 1. The molecule has 1 aromatic heterocycles. The van der Waals surface area contributed by atoms with Crippen LogP contribution in [0.15, 0.2) is 53.4 Å². The number of ether oxygens (including phenoxy) is 1. The quantitative estimate of drug-likeness (QED) is 0.461. The van der Waals surface area contributed by atoms with Crippen molar-refractivity contribution < 1.29 is 32.9 Å². The smallest absolute Gasteiger partial charge is 0.407 e. The maximum atomic E-state index is 13.4. The van der Waals surface area contributed by atoms with Crippen LogP contribution in [0.1, 0.15) is 11.1 Å². The number of oxazole rings is 1. The number of nitrogens with zero attached hydrogens (tertiary/aromatic N) is 1. The second kappa shape index (κ2) is 9.33. The summed E-state index contributed by atoms with van der Waals surface area (Å²) in [5.41, 5.74) is 1.95. The van der Waals surface area contributed by atoms with E-state index < -0.39 is 35.7 Å². The number of rotatable bonds is 6. The van der Waals surface area contributed by atoms with Crippen molar-refractivity contribution >= 4 is 6.09 Å². The summed E-state index contributed by atoms with van der Waals surface area (Å²) in [4.78, 5) is 16.1. The molecule has 2 heterocycles. The molecular formula is C22H21F2N3O5. The monoisotopic (exact) mass is 445 g/mol. The third-order valence-corrected chi connectivity index (χ3v) is 5.25. The zero-order chi connectivity index (χ0) is 22.7. The molecule has 0 bridgehead atoms. The predicted octanol–water partition coefficient (Wildman–Crippen LogP) is 2.50. The van der Waals surface area contributed by atoms with Crippen LogP contribution in [0.2, 0.25) is 0 Å². The lowest BCUT2D eigenvalue weighted by atomic mass is 10.00. The number of benzene rings is 2. The van der Waals surface area contributed by atoms with Crippen molar-refractivity contribution in [3.63, 3.8) is 0 Å². The van der Waals surface area contributed by atoms with Gasteiger partial charge in [-0.05, 0) is 29.7 Å². The molecule has 3 aromatic rings. The molecule has 168 valence electrons. The number of phenols is 1. The van der Waals surface area contributed by atoms with Gasteiger partial charge in [-0.15, -0.1) is 0 Å². The summed E-state index contributed by atoms with van der Waals surface area (Å²) in [5, 5.41) is 24.9. The van der Waals surface area contributed by atoms with Crippen molar-refractivity contribution in [1.82, 2.24) is 15.6 Å². The van der Waals surface area contributed by atoms with E-state index in [4.69, 9.17) is 14.3 Å². The Morgan fingerprint density at radius 3 is 2.59 bits per heavy atom. The van der Waals surface area contributed by atoms with E-state index in [9.17, 15) is 18.7 Å². The molecule has 0 unspecified atom stereocenters. The van der Waals surface area contributed by atoms with Crippen LogP contribution in [0.5, 0.6) is 5.75 Å². The zero-order valence-electron chi connectivity index (χ0n) is 16.8. The van der Waals surface area contributed by atoms with E-state index in [0.717, 1.165) is 23.3 Å². The first-order valence-corrected chi connectivity index (χ1v) is 9.91. The number of hydrogen-bond acceptors (Lipinski definition) is 7. The number of carbonyl (C=O) groups is 1. The third kappa shape index (κ3) is 4.87. The first-order chi connectivity index (χ1) is 15.4. The van der Waals surface area contributed by atoms with Crippen LogP contribution in [0.25, 0.3) is 11.3 Å². The number of nitrogens with one attached hydrogen (secondary N) is 2. The SMILES string of the molecule is O=C(NCc1cc(F)c(O)c(F)c1)O[C@@H]1[C@@H](O)CN[C@@H]1Cc1ccc(-c2cnco2)cc1. The fourth-order valence-corrected chi connectivity index (χ4v) is 3.60. The van der Waals surface area contributed by atoms with Gasteiger partial charge in [0.15, 0.2) is 29.5 Å². The first-order valence-electron chi connectivity index (χ1n) is 9.91. The molecule has 1 amide bonds. The standard InChI is InChI=1S/C22H21F2N3O5/c23-15-5-13(6-16(24)20(15)29)8-27-22(30)32-21-17(26-9-18(21)28)7-12-1-3-14(4-2-12)19-10-25-11-31-19/h1-6,10-11,17-18,21,26,28-29H,7-9H2,(H,27,30)/t17-,18+,21+/m1/s1. The maximum absolute atomic E-state index is 13.4. The number of aromatic nitrogens is 1. The summed E-state index contributed by atoms with van der Waals surface area (Å²) in [5.74, 6) is -2.68. The third-order valence-electron chi connectivity index (χ3n) is 5.25. The molecule has 32 heavy (non-hydrogen) atoms. The molecule has 1 saturated heterocycles. The van der Waals surface area contributed by atoms with E-state index in [1.54, 1.807) is 6.20 Å². The highest BCUT2D eigenvalue weighted by atomic mass is 19.1. The molecule has 0 saturated carbocycles. The van der Waals surface area contributed by atoms with E-state index in [-0.39, 0.29) is 24.7 Å².